The van der Waals surface area contributed by atoms with E-state index in [0.717, 1.165) is 18.8 Å². The summed E-state index contributed by atoms with van der Waals surface area (Å²) in [5.41, 5.74) is 0. The van der Waals surface area contributed by atoms with Crippen molar-refractivity contribution in [3.63, 3.8) is 0 Å². The first kappa shape index (κ1) is 12.4. The first-order valence-electron chi connectivity index (χ1n) is 5.81. The van der Waals surface area contributed by atoms with Crippen molar-refractivity contribution in [1.29, 1.82) is 0 Å². The number of hydrogen-bond donors (Lipinski definition) is 0. The molecule has 88 valence electrons. The van der Waals surface area contributed by atoms with Crippen molar-refractivity contribution in [2.75, 3.05) is 6.61 Å². The highest BCUT2D eigenvalue weighted by Crippen LogP contribution is 2.08. The van der Waals surface area contributed by atoms with Crippen LogP contribution in [0.2, 0.25) is 0 Å². The lowest BCUT2D eigenvalue weighted by Gasteiger charge is -2.02. The average molecular weight is 339 g/mol. The van der Waals surface area contributed by atoms with Gasteiger partial charge in [0.2, 0.25) is 0 Å². The molecule has 0 saturated carbocycles. The van der Waals surface area contributed by atoms with Crippen LogP contribution < -0.4 is 25.9 Å². The first-order chi connectivity index (χ1) is 8.38. The van der Waals surface area contributed by atoms with E-state index in [9.17, 15) is 0 Å². The number of ether oxygens (including phenoxy) is 1. The molecule has 2 aromatic rings. The van der Waals surface area contributed by atoms with E-state index in [1.807, 2.05) is 0 Å². The normalized spacial score (nSPS) is 10.2. The monoisotopic (exact) mass is 339 g/mol. The molecule has 17 heavy (non-hydrogen) atoms. The summed E-state index contributed by atoms with van der Waals surface area (Å²) in [5.74, 6) is 0.979. The van der Waals surface area contributed by atoms with Gasteiger partial charge in [0.25, 0.3) is 0 Å². The Balaban J connectivity index is 1.98. The third kappa shape index (κ3) is 4.04. The van der Waals surface area contributed by atoms with Crippen molar-refractivity contribution < 1.29 is 25.9 Å². The minimum Gasteiger partial charge on any atom is -0.494 e. The Morgan fingerprint density at radius 3 is 2.18 bits per heavy atom. The first-order valence-corrected chi connectivity index (χ1v) is 7.97. The molecular formula is C15H16IO+. The van der Waals surface area contributed by atoms with E-state index < -0.39 is 0 Å². The van der Waals surface area contributed by atoms with Crippen LogP contribution in [0.5, 0.6) is 5.75 Å². The van der Waals surface area contributed by atoms with Gasteiger partial charge in [-0.25, -0.2) is 0 Å². The molecule has 0 atom stereocenters. The minimum absolute atomic E-state index is 0.0532. The van der Waals surface area contributed by atoms with Gasteiger partial charge in [0, 0.05) is 0 Å². The van der Waals surface area contributed by atoms with Crippen molar-refractivity contribution in [3.8, 4) is 5.75 Å². The highest BCUT2D eigenvalue weighted by Gasteiger charge is 2.14. The van der Waals surface area contributed by atoms with E-state index in [1.54, 1.807) is 0 Å². The largest absolute Gasteiger partial charge is 0.494 e. The maximum absolute atomic E-state index is 5.57. The zero-order valence-corrected chi connectivity index (χ0v) is 12.1. The number of rotatable bonds is 5. The molecule has 2 heteroatoms. The van der Waals surface area contributed by atoms with Gasteiger partial charge in [0.1, 0.15) is 5.75 Å². The molecule has 0 saturated heterocycles. The predicted octanol–water partition coefficient (Wildman–Crippen LogP) is 0.604. The number of halogens is 1. The fourth-order valence-electron chi connectivity index (χ4n) is 1.42. The van der Waals surface area contributed by atoms with E-state index in [4.69, 9.17) is 4.74 Å². The van der Waals surface area contributed by atoms with Crippen LogP contribution in [0.1, 0.15) is 13.3 Å². The van der Waals surface area contributed by atoms with Gasteiger partial charge in [0.15, 0.2) is 7.14 Å². The summed E-state index contributed by atoms with van der Waals surface area (Å²) in [7, 11) is 0. The van der Waals surface area contributed by atoms with Gasteiger partial charge in [-0.3, -0.25) is 0 Å². The maximum Gasteiger partial charge on any atom is 0.357 e. The average Bonchev–Trinajstić information content (AvgIpc) is 2.39. The van der Waals surface area contributed by atoms with Crippen LogP contribution in [0.15, 0.2) is 54.6 Å². The van der Waals surface area contributed by atoms with Gasteiger partial charge in [-0.1, -0.05) is 25.1 Å². The van der Waals surface area contributed by atoms with E-state index >= 15 is 0 Å². The Hall–Kier alpha value is -1.03. The molecule has 2 rings (SSSR count). The fourth-order valence-corrected chi connectivity index (χ4v) is 3.63. The maximum atomic E-state index is 5.57. The Morgan fingerprint density at radius 2 is 1.53 bits per heavy atom. The summed E-state index contributed by atoms with van der Waals surface area (Å²) in [6.07, 6.45) is 1.05. The SMILES string of the molecule is CCCOc1ccc([I+]c2ccccc2)cc1. The lowest BCUT2D eigenvalue weighted by atomic mass is 10.3. The number of benzene rings is 2. The highest BCUT2D eigenvalue weighted by atomic mass is 127. The minimum atomic E-state index is -0.0532. The van der Waals surface area contributed by atoms with Crippen LogP contribution >= 0.6 is 0 Å². The molecule has 0 amide bonds. The Morgan fingerprint density at radius 1 is 0.882 bits per heavy atom. The molecule has 0 unspecified atom stereocenters. The zero-order valence-electron chi connectivity index (χ0n) is 9.90. The smallest absolute Gasteiger partial charge is 0.357 e. The van der Waals surface area contributed by atoms with E-state index in [2.05, 4.69) is 61.5 Å². The molecule has 1 nitrogen and oxygen atoms in total. The van der Waals surface area contributed by atoms with Gasteiger partial charge in [0.05, 0.1) is 6.61 Å². The van der Waals surface area contributed by atoms with Gasteiger partial charge < -0.3 is 4.74 Å². The topological polar surface area (TPSA) is 9.23 Å². The van der Waals surface area contributed by atoms with Gasteiger partial charge in [-0.15, -0.1) is 0 Å². The molecule has 0 aliphatic carbocycles. The molecule has 0 aromatic heterocycles. The molecule has 0 N–H and O–H groups in total. The Kier molecular flexibility index (Phi) is 4.86. The van der Waals surface area contributed by atoms with Crippen LogP contribution in [0.4, 0.5) is 0 Å². The molecule has 0 aliphatic heterocycles. The van der Waals surface area contributed by atoms with Crippen LogP contribution in [-0.2, 0) is 0 Å². The standard InChI is InChI=1S/C15H16IO/c1-2-12-17-15-10-8-14(9-11-15)16-13-6-4-3-5-7-13/h3-11H,2,12H2,1H3/q+1. The van der Waals surface area contributed by atoms with Crippen molar-refractivity contribution in [2.24, 2.45) is 0 Å². The van der Waals surface area contributed by atoms with Crippen LogP contribution in [-0.4, -0.2) is 6.61 Å². The van der Waals surface area contributed by atoms with Gasteiger partial charge >= 0.3 is 21.2 Å². The summed E-state index contributed by atoms with van der Waals surface area (Å²) >= 11 is -0.0532. The quantitative estimate of drug-likeness (QED) is 0.726. The van der Waals surface area contributed by atoms with E-state index in [1.165, 1.54) is 7.14 Å². The summed E-state index contributed by atoms with van der Waals surface area (Å²) in [5, 5.41) is 0. The lowest BCUT2D eigenvalue weighted by Crippen LogP contribution is -3.61. The highest BCUT2D eigenvalue weighted by molar-refractivity contribution is 5.20. The summed E-state index contributed by atoms with van der Waals surface area (Å²) in [6, 6.07) is 19.2. The van der Waals surface area contributed by atoms with Crippen molar-refractivity contribution in [2.45, 2.75) is 13.3 Å². The lowest BCUT2D eigenvalue weighted by molar-refractivity contribution is -0.597. The van der Waals surface area contributed by atoms with Crippen molar-refractivity contribution in [3.05, 3.63) is 61.7 Å². The van der Waals surface area contributed by atoms with Crippen LogP contribution in [0.3, 0.4) is 0 Å². The summed E-state index contributed by atoms with van der Waals surface area (Å²) < 4.78 is 8.45. The van der Waals surface area contributed by atoms with Crippen LogP contribution in [0.25, 0.3) is 0 Å². The zero-order chi connectivity index (χ0) is 11.9. The van der Waals surface area contributed by atoms with Gasteiger partial charge in [-0.2, -0.15) is 0 Å². The second-order valence-corrected chi connectivity index (χ2v) is 6.72. The van der Waals surface area contributed by atoms with E-state index in [0.29, 0.717) is 0 Å². The molecule has 2 aromatic carbocycles. The van der Waals surface area contributed by atoms with Gasteiger partial charge in [-0.05, 0) is 42.8 Å². The Bertz CT molecular complexity index is 436. The van der Waals surface area contributed by atoms with E-state index in [-0.39, 0.29) is 21.2 Å². The second kappa shape index (κ2) is 6.64. The third-order valence-corrected chi connectivity index (χ3v) is 4.92. The molecular weight excluding hydrogens is 323 g/mol. The summed E-state index contributed by atoms with van der Waals surface area (Å²) in [6.45, 7) is 2.92. The van der Waals surface area contributed by atoms with Crippen molar-refractivity contribution in [1.82, 2.24) is 0 Å². The molecule has 0 spiro atoms. The molecule has 0 heterocycles. The molecule has 0 fully saturated rings. The summed E-state index contributed by atoms with van der Waals surface area (Å²) in [4.78, 5) is 0. The number of hydrogen-bond acceptors (Lipinski definition) is 1. The molecule has 0 aliphatic rings. The molecule has 0 bridgehead atoms. The third-order valence-electron chi connectivity index (χ3n) is 2.24. The van der Waals surface area contributed by atoms with Crippen LogP contribution in [0, 0.1) is 7.14 Å². The second-order valence-electron chi connectivity index (χ2n) is 3.69. The molecule has 0 radical (unpaired) electrons. The fraction of sp³-hybridized carbons (Fsp3) is 0.200. The van der Waals surface area contributed by atoms with Crippen molar-refractivity contribution >= 4 is 0 Å². The Labute approximate surface area is 113 Å². The predicted molar refractivity (Wildman–Crippen MR) is 66.1 cm³/mol.